The number of unbranched alkanes of at least 4 members (excludes halogenated alkanes) is 15. The molecule has 0 bridgehead atoms. The van der Waals surface area contributed by atoms with Crippen molar-refractivity contribution < 1.29 is 5.11 Å². The molecule has 1 rings (SSSR count). The lowest BCUT2D eigenvalue weighted by atomic mass is 9.84. The first-order valence-electron chi connectivity index (χ1n) is 17.0. The summed E-state index contributed by atoms with van der Waals surface area (Å²) in [4.78, 5) is 0. The lowest BCUT2D eigenvalue weighted by Gasteiger charge is -2.35. The standard InChI is InChI=1S/C36H66OS3/c1-8-11-14-17-20-23-26-38-36(39-27-24-21-18-15-12-9-2,40-28-25-22-19-16-13-10-3)32-29-31(4)34(37)33(30-32)35(5,6)7/h29-30,37H,8-28H2,1-7H3. The Morgan fingerprint density at radius 1 is 0.550 bits per heavy atom. The van der Waals surface area contributed by atoms with Gasteiger partial charge < -0.3 is 5.11 Å². The van der Waals surface area contributed by atoms with Crippen molar-refractivity contribution in [2.75, 3.05) is 17.3 Å². The number of rotatable bonds is 25. The number of hydrogen-bond acceptors (Lipinski definition) is 4. The monoisotopic (exact) mass is 610 g/mol. The van der Waals surface area contributed by atoms with Gasteiger partial charge in [0.1, 0.15) is 9.16 Å². The molecule has 0 fully saturated rings. The van der Waals surface area contributed by atoms with Gasteiger partial charge in [0.05, 0.1) is 0 Å². The highest BCUT2D eigenvalue weighted by molar-refractivity contribution is 8.32. The van der Waals surface area contributed by atoms with Crippen molar-refractivity contribution in [2.45, 2.75) is 173 Å². The van der Waals surface area contributed by atoms with Crippen LogP contribution in [0.4, 0.5) is 0 Å². The molecule has 40 heavy (non-hydrogen) atoms. The van der Waals surface area contributed by atoms with Crippen LogP contribution in [0.25, 0.3) is 0 Å². The van der Waals surface area contributed by atoms with Crippen molar-refractivity contribution in [2.24, 2.45) is 0 Å². The highest BCUT2D eigenvalue weighted by Crippen LogP contribution is 2.57. The minimum Gasteiger partial charge on any atom is -0.507 e. The summed E-state index contributed by atoms with van der Waals surface area (Å²) in [5.41, 5.74) is 3.49. The molecule has 0 radical (unpaired) electrons. The predicted molar refractivity (Wildman–Crippen MR) is 191 cm³/mol. The van der Waals surface area contributed by atoms with E-state index in [2.05, 4.69) is 95.9 Å². The van der Waals surface area contributed by atoms with E-state index in [1.165, 1.54) is 138 Å². The highest BCUT2D eigenvalue weighted by atomic mass is 32.3. The molecule has 0 heterocycles. The van der Waals surface area contributed by atoms with Crippen LogP contribution in [-0.2, 0) is 8.83 Å². The van der Waals surface area contributed by atoms with Gasteiger partial charge in [-0.15, -0.1) is 35.3 Å². The van der Waals surface area contributed by atoms with Gasteiger partial charge in [-0.3, -0.25) is 0 Å². The van der Waals surface area contributed by atoms with E-state index >= 15 is 0 Å². The van der Waals surface area contributed by atoms with Gasteiger partial charge in [0.2, 0.25) is 0 Å². The van der Waals surface area contributed by atoms with E-state index < -0.39 is 0 Å². The Hall–Kier alpha value is 0.0700. The molecule has 0 atom stereocenters. The van der Waals surface area contributed by atoms with Crippen LogP contribution < -0.4 is 0 Å². The average molecular weight is 611 g/mol. The van der Waals surface area contributed by atoms with E-state index in [-0.39, 0.29) is 8.83 Å². The normalized spacial score (nSPS) is 12.4. The maximum Gasteiger partial charge on any atom is 0.132 e. The van der Waals surface area contributed by atoms with Crippen LogP contribution in [0.15, 0.2) is 12.1 Å². The van der Waals surface area contributed by atoms with Gasteiger partial charge >= 0.3 is 0 Å². The highest BCUT2D eigenvalue weighted by Gasteiger charge is 2.36. The van der Waals surface area contributed by atoms with Gasteiger partial charge in [0.25, 0.3) is 0 Å². The van der Waals surface area contributed by atoms with Crippen LogP contribution in [0.2, 0.25) is 0 Å². The number of benzene rings is 1. The molecule has 1 aromatic carbocycles. The Bertz CT molecular complexity index is 710. The summed E-state index contributed by atoms with van der Waals surface area (Å²) in [5.74, 6) is 4.17. The zero-order valence-corrected chi connectivity index (χ0v) is 30.1. The Morgan fingerprint density at radius 2 is 0.900 bits per heavy atom. The molecule has 1 aromatic rings. The van der Waals surface area contributed by atoms with Crippen molar-refractivity contribution in [1.82, 2.24) is 0 Å². The SMILES string of the molecule is CCCCCCCCSC(SCCCCCCCC)(SCCCCCCCC)c1cc(C)c(O)c(C(C)(C)C)c1. The molecular formula is C36H66OS3. The fraction of sp³-hybridized carbons (Fsp3) is 0.833. The van der Waals surface area contributed by atoms with Crippen molar-refractivity contribution in [3.05, 3.63) is 28.8 Å². The largest absolute Gasteiger partial charge is 0.507 e. The molecule has 1 N–H and O–H groups in total. The zero-order valence-electron chi connectivity index (χ0n) is 27.7. The van der Waals surface area contributed by atoms with E-state index in [1.807, 2.05) is 0 Å². The fourth-order valence-electron chi connectivity index (χ4n) is 5.17. The number of phenolic OH excluding ortho intramolecular Hbond substituents is 1. The van der Waals surface area contributed by atoms with E-state index in [9.17, 15) is 5.11 Å². The van der Waals surface area contributed by atoms with Crippen LogP contribution in [-0.4, -0.2) is 22.4 Å². The predicted octanol–water partition coefficient (Wildman–Crippen LogP) is 13.4. The van der Waals surface area contributed by atoms with Gasteiger partial charge in [-0.05, 0) is 77.7 Å². The molecule has 1 nitrogen and oxygen atoms in total. The summed E-state index contributed by atoms with van der Waals surface area (Å²) in [7, 11) is 0. The minimum atomic E-state index is -0.0750. The Kier molecular flexibility index (Phi) is 21.5. The molecule has 234 valence electrons. The second kappa shape index (κ2) is 22.6. The van der Waals surface area contributed by atoms with E-state index in [0.717, 1.165) is 11.1 Å². The number of phenols is 1. The first kappa shape index (κ1) is 38.1. The minimum absolute atomic E-state index is 0.00865. The second-order valence-electron chi connectivity index (χ2n) is 12.8. The van der Waals surface area contributed by atoms with E-state index in [1.54, 1.807) is 0 Å². The summed E-state index contributed by atoms with van der Waals surface area (Å²) in [6.07, 6.45) is 24.4. The van der Waals surface area contributed by atoms with Crippen LogP contribution in [0, 0.1) is 6.92 Å². The Balaban J connectivity index is 3.14. The van der Waals surface area contributed by atoms with Crippen LogP contribution >= 0.6 is 35.3 Å². The van der Waals surface area contributed by atoms with Crippen LogP contribution in [0.3, 0.4) is 0 Å². The molecule has 0 saturated heterocycles. The lowest BCUT2D eigenvalue weighted by Crippen LogP contribution is -2.19. The summed E-state index contributed by atoms with van der Waals surface area (Å²) < 4.78 is 0.00865. The quantitative estimate of drug-likeness (QED) is 0.0877. The number of hydrogen-bond donors (Lipinski definition) is 1. The molecule has 4 heteroatoms. The van der Waals surface area contributed by atoms with Crippen molar-refractivity contribution in [1.29, 1.82) is 0 Å². The molecule has 0 aliphatic heterocycles. The Labute approximate surface area is 264 Å². The number of thioether (sulfide) groups is 3. The third-order valence-electron chi connectivity index (χ3n) is 7.83. The van der Waals surface area contributed by atoms with Crippen LogP contribution in [0.5, 0.6) is 5.75 Å². The van der Waals surface area contributed by atoms with Gasteiger partial charge in [0, 0.05) is 0 Å². The fourth-order valence-corrected chi connectivity index (χ4v) is 10.4. The van der Waals surface area contributed by atoms with Gasteiger partial charge in [-0.1, -0.05) is 138 Å². The molecule has 0 aliphatic rings. The number of aromatic hydroxyl groups is 1. The topological polar surface area (TPSA) is 20.2 Å². The summed E-state index contributed by atoms with van der Waals surface area (Å²) >= 11 is 6.62. The zero-order chi connectivity index (χ0) is 29.7. The van der Waals surface area contributed by atoms with Crippen molar-refractivity contribution >= 4 is 35.3 Å². The molecule has 0 saturated carbocycles. The molecule has 0 amide bonds. The lowest BCUT2D eigenvalue weighted by molar-refractivity contribution is 0.442. The molecule has 0 unspecified atom stereocenters. The van der Waals surface area contributed by atoms with E-state index in [4.69, 9.17) is 0 Å². The summed E-state index contributed by atoms with van der Waals surface area (Å²) in [6, 6.07) is 4.69. The molecular weight excluding hydrogens is 545 g/mol. The molecule has 0 spiro atoms. The third kappa shape index (κ3) is 15.5. The van der Waals surface area contributed by atoms with Gasteiger partial charge in [0.15, 0.2) is 0 Å². The van der Waals surface area contributed by atoms with Gasteiger partial charge in [-0.2, -0.15) is 0 Å². The molecule has 0 aliphatic carbocycles. The van der Waals surface area contributed by atoms with Crippen molar-refractivity contribution in [3.63, 3.8) is 0 Å². The average Bonchev–Trinajstić information content (AvgIpc) is 2.91. The van der Waals surface area contributed by atoms with Gasteiger partial charge in [-0.25, -0.2) is 0 Å². The maximum absolute atomic E-state index is 11.1. The second-order valence-corrected chi connectivity index (χ2v) is 17.5. The first-order valence-corrected chi connectivity index (χ1v) is 19.9. The summed E-state index contributed by atoms with van der Waals surface area (Å²) in [5, 5.41) is 11.1. The maximum atomic E-state index is 11.1. The van der Waals surface area contributed by atoms with E-state index in [0.29, 0.717) is 5.75 Å². The first-order chi connectivity index (χ1) is 19.2. The smallest absolute Gasteiger partial charge is 0.132 e. The third-order valence-corrected chi connectivity index (χ3v) is 13.3. The van der Waals surface area contributed by atoms with Crippen molar-refractivity contribution in [3.8, 4) is 5.75 Å². The number of aryl methyl sites for hydroxylation is 1. The van der Waals surface area contributed by atoms with Crippen LogP contribution in [0.1, 0.15) is 174 Å². The molecule has 0 aromatic heterocycles. The Morgan fingerprint density at radius 3 is 1.25 bits per heavy atom. The summed E-state index contributed by atoms with van der Waals surface area (Å²) in [6.45, 7) is 15.7.